The number of nitrogens with one attached hydrogen (secondary N) is 1. The molecule has 0 aliphatic rings. The molecule has 0 aromatic heterocycles. The molecule has 88 valence electrons. The van der Waals surface area contributed by atoms with Crippen LogP contribution in [0.2, 0.25) is 0 Å². The molecule has 0 radical (unpaired) electrons. The minimum absolute atomic E-state index is 0.909. The average Bonchev–Trinajstić information content (AvgIpc) is 2.36. The summed E-state index contributed by atoms with van der Waals surface area (Å²) < 4.78 is 0. The van der Waals surface area contributed by atoms with Gasteiger partial charge in [0.05, 0.1) is 0 Å². The lowest BCUT2D eigenvalue weighted by Crippen LogP contribution is -2.01. The van der Waals surface area contributed by atoms with E-state index in [4.69, 9.17) is 0 Å². The van der Waals surface area contributed by atoms with Crippen molar-refractivity contribution in [2.75, 3.05) is 0 Å². The van der Waals surface area contributed by atoms with Gasteiger partial charge in [0.2, 0.25) is 0 Å². The highest BCUT2D eigenvalue weighted by molar-refractivity contribution is 5.64. The van der Waals surface area contributed by atoms with Gasteiger partial charge in [-0.2, -0.15) is 0 Å². The number of benzene rings is 1. The Bertz CT molecular complexity index is 431. The lowest BCUT2D eigenvalue weighted by atomic mass is 10.1. The summed E-state index contributed by atoms with van der Waals surface area (Å²) in [6.07, 6.45) is 8.15. The maximum atomic E-state index is 4.00. The van der Waals surface area contributed by atoms with Crippen molar-refractivity contribution in [3.8, 4) is 0 Å². The van der Waals surface area contributed by atoms with Crippen LogP contribution in [0.25, 0.3) is 11.8 Å². The predicted molar refractivity (Wildman–Crippen MR) is 76.3 cm³/mol. The quantitative estimate of drug-likeness (QED) is 0.709. The van der Waals surface area contributed by atoms with Crippen molar-refractivity contribution < 1.29 is 0 Å². The molecular formula is C16H19N. The Morgan fingerprint density at radius 3 is 2.65 bits per heavy atom. The molecule has 0 aliphatic carbocycles. The van der Waals surface area contributed by atoms with Crippen LogP contribution in [-0.4, -0.2) is 0 Å². The van der Waals surface area contributed by atoms with Gasteiger partial charge in [-0.15, -0.1) is 5.73 Å². The van der Waals surface area contributed by atoms with Crippen LogP contribution in [0.3, 0.4) is 0 Å². The highest BCUT2D eigenvalue weighted by Crippen LogP contribution is 2.11. The molecule has 0 heterocycles. The Kier molecular flexibility index (Phi) is 5.63. The van der Waals surface area contributed by atoms with E-state index >= 15 is 0 Å². The largest absolute Gasteiger partial charge is 0.362 e. The fraction of sp³-hybridized carbons (Fsp3) is 0.188. The summed E-state index contributed by atoms with van der Waals surface area (Å²) in [5.74, 6) is 0. The summed E-state index contributed by atoms with van der Waals surface area (Å²) >= 11 is 0. The van der Waals surface area contributed by atoms with Crippen LogP contribution in [0.5, 0.6) is 0 Å². The topological polar surface area (TPSA) is 12.0 Å². The second-order valence-electron chi connectivity index (χ2n) is 3.78. The van der Waals surface area contributed by atoms with Crippen LogP contribution >= 0.6 is 0 Å². The highest BCUT2D eigenvalue weighted by atomic mass is 14.8. The van der Waals surface area contributed by atoms with Crippen LogP contribution in [0.4, 0.5) is 0 Å². The van der Waals surface area contributed by atoms with Gasteiger partial charge in [-0.05, 0) is 29.8 Å². The second-order valence-corrected chi connectivity index (χ2v) is 3.78. The number of unbranched alkanes of at least 4 members (excludes halogenated alkanes) is 1. The summed E-state index contributed by atoms with van der Waals surface area (Å²) in [6, 6.07) is 8.12. The molecule has 1 nitrogen and oxygen atoms in total. The fourth-order valence-corrected chi connectivity index (χ4v) is 1.39. The smallest absolute Gasteiger partial charge is 0.0380 e. The molecule has 17 heavy (non-hydrogen) atoms. The summed E-state index contributed by atoms with van der Waals surface area (Å²) in [5, 5.41) is 3.17. The van der Waals surface area contributed by atoms with E-state index in [-0.39, 0.29) is 0 Å². The van der Waals surface area contributed by atoms with Gasteiger partial charge in [-0.25, -0.2) is 0 Å². The highest BCUT2D eigenvalue weighted by Gasteiger charge is 1.95. The molecule has 0 saturated carbocycles. The number of allylic oxidation sites excluding steroid dienone is 1. The van der Waals surface area contributed by atoms with Crippen LogP contribution in [-0.2, 0) is 0 Å². The third-order valence-corrected chi connectivity index (χ3v) is 2.36. The standard InChI is InChI=1S/C16H19N/c1-4-6-7-13-17-14(3)16-11-9-15(8-5-2)10-12-16/h7-13,17H,2-4,6H2,1H3/b13-7-. The summed E-state index contributed by atoms with van der Waals surface area (Å²) in [4.78, 5) is 0. The Morgan fingerprint density at radius 2 is 2.06 bits per heavy atom. The molecule has 1 N–H and O–H groups in total. The molecule has 1 rings (SSSR count). The van der Waals surface area contributed by atoms with Crippen LogP contribution in [0.15, 0.2) is 55.4 Å². The van der Waals surface area contributed by atoms with E-state index in [0.717, 1.165) is 29.7 Å². The number of hydrogen-bond donors (Lipinski definition) is 1. The summed E-state index contributed by atoms with van der Waals surface area (Å²) in [5.41, 5.74) is 5.85. The molecule has 0 aliphatic heterocycles. The summed E-state index contributed by atoms with van der Waals surface area (Å²) in [6.45, 7) is 9.71. The van der Waals surface area contributed by atoms with Crippen molar-refractivity contribution >= 4 is 11.8 Å². The zero-order chi connectivity index (χ0) is 12.5. The third-order valence-electron chi connectivity index (χ3n) is 2.36. The SMILES string of the molecule is C=C=Cc1ccc(C(=C)N/C=C\CCC)cc1. The van der Waals surface area contributed by atoms with Crippen LogP contribution in [0.1, 0.15) is 30.9 Å². The zero-order valence-electron chi connectivity index (χ0n) is 10.4. The molecule has 0 amide bonds. The lowest BCUT2D eigenvalue weighted by Gasteiger charge is -2.05. The molecule has 0 saturated heterocycles. The Balaban J connectivity index is 2.60. The van der Waals surface area contributed by atoms with Gasteiger partial charge in [0, 0.05) is 5.70 Å². The van der Waals surface area contributed by atoms with Gasteiger partial charge in [0.25, 0.3) is 0 Å². The van der Waals surface area contributed by atoms with Gasteiger partial charge in [-0.3, -0.25) is 0 Å². The van der Waals surface area contributed by atoms with E-state index in [1.807, 2.05) is 36.5 Å². The Labute approximate surface area is 104 Å². The molecule has 0 unspecified atom stereocenters. The minimum atomic E-state index is 0.909. The first-order valence-electron chi connectivity index (χ1n) is 5.84. The van der Waals surface area contributed by atoms with Crippen molar-refractivity contribution in [2.24, 2.45) is 0 Å². The molecule has 0 spiro atoms. The molecule has 0 bridgehead atoms. The van der Waals surface area contributed by atoms with E-state index in [1.165, 1.54) is 0 Å². The first-order chi connectivity index (χ1) is 8.27. The second kappa shape index (κ2) is 7.32. The molecule has 1 heteroatoms. The van der Waals surface area contributed by atoms with E-state index in [9.17, 15) is 0 Å². The van der Waals surface area contributed by atoms with Gasteiger partial charge >= 0.3 is 0 Å². The van der Waals surface area contributed by atoms with E-state index in [1.54, 1.807) is 0 Å². The van der Waals surface area contributed by atoms with Gasteiger partial charge in [-0.1, -0.05) is 56.8 Å². The van der Waals surface area contributed by atoms with E-state index < -0.39 is 0 Å². The first kappa shape index (κ1) is 13.1. The van der Waals surface area contributed by atoms with Gasteiger partial charge in [0.1, 0.15) is 0 Å². The van der Waals surface area contributed by atoms with E-state index in [2.05, 4.69) is 37.2 Å². The molecule has 0 atom stereocenters. The predicted octanol–water partition coefficient (Wildman–Crippen LogP) is 4.36. The number of hydrogen-bond acceptors (Lipinski definition) is 1. The average molecular weight is 225 g/mol. The Hall–Kier alpha value is -1.98. The molecular weight excluding hydrogens is 206 g/mol. The van der Waals surface area contributed by atoms with E-state index in [0.29, 0.717) is 0 Å². The van der Waals surface area contributed by atoms with Crippen molar-refractivity contribution in [1.82, 2.24) is 5.32 Å². The Morgan fingerprint density at radius 1 is 1.35 bits per heavy atom. The zero-order valence-corrected chi connectivity index (χ0v) is 10.4. The van der Waals surface area contributed by atoms with Crippen LogP contribution < -0.4 is 5.32 Å². The van der Waals surface area contributed by atoms with Crippen molar-refractivity contribution in [3.63, 3.8) is 0 Å². The first-order valence-corrected chi connectivity index (χ1v) is 5.84. The fourth-order valence-electron chi connectivity index (χ4n) is 1.39. The number of rotatable bonds is 6. The maximum Gasteiger partial charge on any atom is 0.0380 e. The summed E-state index contributed by atoms with van der Waals surface area (Å²) in [7, 11) is 0. The van der Waals surface area contributed by atoms with Crippen LogP contribution in [0, 0.1) is 0 Å². The molecule has 0 fully saturated rings. The minimum Gasteiger partial charge on any atom is -0.362 e. The third kappa shape index (κ3) is 4.58. The van der Waals surface area contributed by atoms with Gasteiger partial charge in [0.15, 0.2) is 0 Å². The normalized spacial score (nSPS) is 9.94. The van der Waals surface area contributed by atoms with Crippen molar-refractivity contribution in [1.29, 1.82) is 0 Å². The van der Waals surface area contributed by atoms with Crippen molar-refractivity contribution in [3.05, 3.63) is 66.6 Å². The molecule has 1 aromatic rings. The monoisotopic (exact) mass is 225 g/mol. The van der Waals surface area contributed by atoms with Crippen molar-refractivity contribution in [2.45, 2.75) is 19.8 Å². The van der Waals surface area contributed by atoms with Gasteiger partial charge < -0.3 is 5.32 Å². The lowest BCUT2D eigenvalue weighted by molar-refractivity contribution is 0.950. The maximum absolute atomic E-state index is 4.00. The molecule has 1 aromatic carbocycles.